The largest absolute Gasteiger partial charge is 0.368 e. The smallest absolute Gasteiger partial charge is 0.234 e. The van der Waals surface area contributed by atoms with E-state index in [2.05, 4.69) is 5.32 Å². The van der Waals surface area contributed by atoms with E-state index in [1.807, 2.05) is 0 Å². The maximum Gasteiger partial charge on any atom is 0.234 e. The average molecular weight is 154 g/mol. The third kappa shape index (κ3) is 1.03. The van der Waals surface area contributed by atoms with Gasteiger partial charge in [0.05, 0.1) is 6.04 Å². The number of fused-ring (bicyclic) bond motifs is 1. The van der Waals surface area contributed by atoms with Gasteiger partial charge in [-0.3, -0.25) is 4.79 Å². The Morgan fingerprint density at radius 2 is 2.27 bits per heavy atom. The van der Waals surface area contributed by atoms with Gasteiger partial charge in [0.25, 0.3) is 0 Å². The molecule has 1 aliphatic carbocycles. The Balaban J connectivity index is 2.08. The summed E-state index contributed by atoms with van der Waals surface area (Å²) in [6.07, 6.45) is 3.74. The van der Waals surface area contributed by atoms with Crippen LogP contribution < -0.4 is 11.1 Å². The number of hydrogen-bond acceptors (Lipinski definition) is 2. The highest BCUT2D eigenvalue weighted by molar-refractivity contribution is 5.80. The molecule has 3 heteroatoms. The SMILES string of the molecule is NC(=O)[C@H]1NC[C@H]2CCC[C@H]21. The van der Waals surface area contributed by atoms with E-state index in [-0.39, 0.29) is 11.9 Å². The topological polar surface area (TPSA) is 55.1 Å². The fourth-order valence-electron chi connectivity index (χ4n) is 2.50. The molecule has 0 radical (unpaired) electrons. The zero-order valence-electron chi connectivity index (χ0n) is 6.55. The molecular formula is C8H14N2O. The van der Waals surface area contributed by atoms with Crippen LogP contribution in [0, 0.1) is 11.8 Å². The second-order valence-electron chi connectivity index (χ2n) is 3.64. The van der Waals surface area contributed by atoms with Crippen LogP contribution >= 0.6 is 0 Å². The second kappa shape index (κ2) is 2.48. The van der Waals surface area contributed by atoms with Crippen molar-refractivity contribution in [2.24, 2.45) is 17.6 Å². The zero-order chi connectivity index (χ0) is 7.84. The van der Waals surface area contributed by atoms with E-state index in [1.54, 1.807) is 0 Å². The van der Waals surface area contributed by atoms with Crippen molar-refractivity contribution >= 4 is 5.91 Å². The standard InChI is InChI=1S/C8H14N2O/c9-8(11)7-6-3-1-2-5(6)4-10-7/h5-7,10H,1-4H2,(H2,9,11)/t5-,6-,7+/m1/s1. The predicted octanol–water partition coefficient (Wildman–Crippen LogP) is -0.140. The van der Waals surface area contributed by atoms with Crippen LogP contribution in [-0.2, 0) is 4.79 Å². The van der Waals surface area contributed by atoms with E-state index < -0.39 is 0 Å². The summed E-state index contributed by atoms with van der Waals surface area (Å²) >= 11 is 0. The fraction of sp³-hybridized carbons (Fsp3) is 0.875. The van der Waals surface area contributed by atoms with E-state index in [0.29, 0.717) is 5.92 Å². The van der Waals surface area contributed by atoms with E-state index >= 15 is 0 Å². The van der Waals surface area contributed by atoms with Gasteiger partial charge in [-0.2, -0.15) is 0 Å². The lowest BCUT2D eigenvalue weighted by Crippen LogP contribution is -2.40. The molecule has 0 bridgehead atoms. The van der Waals surface area contributed by atoms with Crippen LogP contribution in [0.1, 0.15) is 19.3 Å². The minimum absolute atomic E-state index is 0.0255. The number of primary amides is 1. The van der Waals surface area contributed by atoms with Crippen LogP contribution in [-0.4, -0.2) is 18.5 Å². The monoisotopic (exact) mass is 154 g/mol. The summed E-state index contributed by atoms with van der Waals surface area (Å²) in [6.45, 7) is 0.998. The normalized spacial score (nSPS) is 42.4. The molecule has 0 aromatic heterocycles. The Morgan fingerprint density at radius 1 is 1.45 bits per heavy atom. The van der Waals surface area contributed by atoms with E-state index in [9.17, 15) is 4.79 Å². The molecule has 1 saturated heterocycles. The van der Waals surface area contributed by atoms with E-state index in [1.165, 1.54) is 19.3 Å². The van der Waals surface area contributed by atoms with Crippen molar-refractivity contribution in [3.8, 4) is 0 Å². The molecule has 1 aliphatic heterocycles. The first-order valence-corrected chi connectivity index (χ1v) is 4.32. The highest BCUT2D eigenvalue weighted by Gasteiger charge is 2.41. The fourth-order valence-corrected chi connectivity index (χ4v) is 2.50. The molecule has 2 rings (SSSR count). The van der Waals surface area contributed by atoms with Crippen molar-refractivity contribution in [3.63, 3.8) is 0 Å². The average Bonchev–Trinajstić information content (AvgIpc) is 2.41. The minimum Gasteiger partial charge on any atom is -0.368 e. The Kier molecular flexibility index (Phi) is 1.60. The number of nitrogens with one attached hydrogen (secondary N) is 1. The van der Waals surface area contributed by atoms with Gasteiger partial charge in [0, 0.05) is 0 Å². The maximum atomic E-state index is 10.9. The predicted molar refractivity (Wildman–Crippen MR) is 41.8 cm³/mol. The molecule has 1 saturated carbocycles. The van der Waals surface area contributed by atoms with Crippen molar-refractivity contribution in [2.75, 3.05) is 6.54 Å². The molecule has 0 aromatic rings. The second-order valence-corrected chi connectivity index (χ2v) is 3.64. The number of rotatable bonds is 1. The van der Waals surface area contributed by atoms with Gasteiger partial charge in [0.15, 0.2) is 0 Å². The Labute approximate surface area is 66.3 Å². The summed E-state index contributed by atoms with van der Waals surface area (Å²) in [5, 5.41) is 3.18. The van der Waals surface area contributed by atoms with Crippen molar-refractivity contribution < 1.29 is 4.79 Å². The number of carbonyl (C=O) groups excluding carboxylic acids is 1. The van der Waals surface area contributed by atoms with Crippen LogP contribution in [0.3, 0.4) is 0 Å². The van der Waals surface area contributed by atoms with Crippen LogP contribution in [0.2, 0.25) is 0 Å². The Bertz CT molecular complexity index is 181. The molecule has 1 heterocycles. The van der Waals surface area contributed by atoms with Crippen LogP contribution in [0.4, 0.5) is 0 Å². The van der Waals surface area contributed by atoms with Crippen LogP contribution in [0.25, 0.3) is 0 Å². The van der Waals surface area contributed by atoms with Gasteiger partial charge in [-0.1, -0.05) is 6.42 Å². The highest BCUT2D eigenvalue weighted by atomic mass is 16.1. The summed E-state index contributed by atoms with van der Waals surface area (Å²) in [6, 6.07) is -0.0255. The summed E-state index contributed by atoms with van der Waals surface area (Å²) < 4.78 is 0. The molecule has 1 amide bonds. The molecule has 2 aliphatic rings. The van der Waals surface area contributed by atoms with Gasteiger partial charge >= 0.3 is 0 Å². The molecule has 2 fully saturated rings. The molecule has 0 spiro atoms. The molecule has 3 nitrogen and oxygen atoms in total. The van der Waals surface area contributed by atoms with Crippen molar-refractivity contribution in [2.45, 2.75) is 25.3 Å². The lowest BCUT2D eigenvalue weighted by molar-refractivity contribution is -0.120. The van der Waals surface area contributed by atoms with Gasteiger partial charge < -0.3 is 11.1 Å². The number of nitrogens with two attached hydrogens (primary N) is 1. The molecule has 0 unspecified atom stereocenters. The number of hydrogen-bond donors (Lipinski definition) is 2. The van der Waals surface area contributed by atoms with Gasteiger partial charge in [-0.25, -0.2) is 0 Å². The summed E-state index contributed by atoms with van der Waals surface area (Å²) in [7, 11) is 0. The van der Waals surface area contributed by atoms with Gasteiger partial charge in [0.2, 0.25) is 5.91 Å². The molecule has 11 heavy (non-hydrogen) atoms. The van der Waals surface area contributed by atoms with Gasteiger partial charge in [-0.05, 0) is 31.2 Å². The Morgan fingerprint density at radius 3 is 3.00 bits per heavy atom. The highest BCUT2D eigenvalue weighted by Crippen LogP contribution is 2.37. The third-order valence-electron chi connectivity index (χ3n) is 3.05. The minimum atomic E-state index is -0.167. The first kappa shape index (κ1) is 7.10. The van der Waals surface area contributed by atoms with Crippen LogP contribution in [0.5, 0.6) is 0 Å². The lowest BCUT2D eigenvalue weighted by atomic mass is 9.94. The first-order valence-electron chi connectivity index (χ1n) is 4.32. The molecular weight excluding hydrogens is 140 g/mol. The third-order valence-corrected chi connectivity index (χ3v) is 3.05. The number of carbonyl (C=O) groups is 1. The van der Waals surface area contributed by atoms with Crippen LogP contribution in [0.15, 0.2) is 0 Å². The summed E-state index contributed by atoms with van der Waals surface area (Å²) in [5.41, 5.74) is 5.25. The molecule has 3 N–H and O–H groups in total. The Hall–Kier alpha value is -0.570. The lowest BCUT2D eigenvalue weighted by Gasteiger charge is -2.13. The van der Waals surface area contributed by atoms with E-state index in [0.717, 1.165) is 12.5 Å². The van der Waals surface area contributed by atoms with E-state index in [4.69, 9.17) is 5.73 Å². The zero-order valence-corrected chi connectivity index (χ0v) is 6.55. The van der Waals surface area contributed by atoms with Crippen molar-refractivity contribution in [1.82, 2.24) is 5.32 Å². The molecule has 0 aromatic carbocycles. The molecule has 62 valence electrons. The molecule has 3 atom stereocenters. The van der Waals surface area contributed by atoms with Gasteiger partial charge in [-0.15, -0.1) is 0 Å². The van der Waals surface area contributed by atoms with Crippen molar-refractivity contribution in [3.05, 3.63) is 0 Å². The number of amides is 1. The maximum absolute atomic E-state index is 10.9. The van der Waals surface area contributed by atoms with Crippen molar-refractivity contribution in [1.29, 1.82) is 0 Å². The van der Waals surface area contributed by atoms with Gasteiger partial charge in [0.1, 0.15) is 0 Å². The summed E-state index contributed by atoms with van der Waals surface area (Å²) in [5.74, 6) is 1.11. The summed E-state index contributed by atoms with van der Waals surface area (Å²) in [4.78, 5) is 10.9. The quantitative estimate of drug-likeness (QED) is 0.552. The first-order chi connectivity index (χ1) is 5.29.